The Balaban J connectivity index is 0.000000187. The first kappa shape index (κ1) is 11.5. The number of benzene rings is 2. The molecule has 0 N–H and O–H groups in total. The summed E-state index contributed by atoms with van der Waals surface area (Å²) in [6, 6.07) is 19.2. The van der Waals surface area contributed by atoms with Crippen molar-refractivity contribution in [1.82, 2.24) is 0 Å². The molecule has 4 rings (SSSR count). The first-order valence-corrected chi connectivity index (χ1v) is 6.08. The molecule has 0 radical (unpaired) electrons. The molecule has 0 unspecified atom stereocenters. The molecule has 0 atom stereocenters. The lowest BCUT2D eigenvalue weighted by Crippen LogP contribution is -1.93. The number of carbonyl (C=O) groups excluding carboxylic acids is 1. The van der Waals surface area contributed by atoms with Gasteiger partial charge in [0.25, 0.3) is 0 Å². The van der Waals surface area contributed by atoms with Crippen molar-refractivity contribution in [2.45, 2.75) is 0 Å². The van der Waals surface area contributed by atoms with E-state index in [0.29, 0.717) is 0 Å². The van der Waals surface area contributed by atoms with Gasteiger partial charge in [0.05, 0.1) is 12.5 Å². The minimum atomic E-state index is 0.149. The minimum absolute atomic E-state index is 0.149. The Bertz CT molecular complexity index is 632. The number of hydrogen-bond acceptors (Lipinski definition) is 2. The van der Waals surface area contributed by atoms with E-state index in [1.807, 2.05) is 60.7 Å². The molecule has 0 saturated carbocycles. The fraction of sp³-hybridized carbons (Fsp3) is 0. The molecule has 3 aromatic rings. The lowest BCUT2D eigenvalue weighted by Gasteiger charge is -1.96. The third kappa shape index (κ3) is 2.08. The molecule has 19 heavy (non-hydrogen) atoms. The van der Waals surface area contributed by atoms with E-state index in [-0.39, 0.29) is 5.78 Å². The van der Waals surface area contributed by atoms with Crippen LogP contribution in [0.15, 0.2) is 77.6 Å². The Hall–Kier alpha value is -2.61. The Kier molecular flexibility index (Phi) is 2.99. The summed E-state index contributed by atoms with van der Waals surface area (Å²) in [4.78, 5) is 11.9. The standard InChI is InChI=1S/C13H8O.C4H4O/c14-13-11-7-3-1-5-9(11)10-6-2-4-8-12(10)13;1-2-4-5-3-1/h1-8H;1-4H. The average molecular weight is 248 g/mol. The zero-order valence-electron chi connectivity index (χ0n) is 10.2. The molecule has 2 nitrogen and oxygen atoms in total. The summed E-state index contributed by atoms with van der Waals surface area (Å²) in [5.74, 6) is 0.149. The first-order valence-electron chi connectivity index (χ1n) is 6.08. The van der Waals surface area contributed by atoms with Gasteiger partial charge in [0.1, 0.15) is 0 Å². The SMILES string of the molecule is O=C1c2ccccc2-c2ccccc21.c1ccoc1. The molecule has 2 aromatic carbocycles. The third-order valence-corrected chi connectivity index (χ3v) is 3.06. The third-order valence-electron chi connectivity index (χ3n) is 3.06. The highest BCUT2D eigenvalue weighted by atomic mass is 16.3. The topological polar surface area (TPSA) is 30.2 Å². The molecule has 2 heteroatoms. The van der Waals surface area contributed by atoms with Crippen molar-refractivity contribution < 1.29 is 9.21 Å². The van der Waals surface area contributed by atoms with Gasteiger partial charge in [-0.15, -0.1) is 0 Å². The Morgan fingerprint density at radius 2 is 1.00 bits per heavy atom. The summed E-state index contributed by atoms with van der Waals surface area (Å²) in [6.07, 6.45) is 3.25. The molecule has 92 valence electrons. The largest absolute Gasteiger partial charge is 0.473 e. The van der Waals surface area contributed by atoms with E-state index in [9.17, 15) is 4.79 Å². The summed E-state index contributed by atoms with van der Waals surface area (Å²) in [5, 5.41) is 0. The van der Waals surface area contributed by atoms with Crippen molar-refractivity contribution in [2.24, 2.45) is 0 Å². The number of furan rings is 1. The van der Waals surface area contributed by atoms with Crippen LogP contribution in [0.1, 0.15) is 15.9 Å². The van der Waals surface area contributed by atoms with Gasteiger partial charge in [0, 0.05) is 11.1 Å². The number of carbonyl (C=O) groups is 1. The van der Waals surface area contributed by atoms with Gasteiger partial charge in [-0.2, -0.15) is 0 Å². The van der Waals surface area contributed by atoms with Crippen molar-refractivity contribution >= 4 is 5.78 Å². The molecular weight excluding hydrogens is 236 g/mol. The summed E-state index contributed by atoms with van der Waals surface area (Å²) in [6.45, 7) is 0. The molecular formula is C17H12O2. The van der Waals surface area contributed by atoms with Crippen molar-refractivity contribution in [3.8, 4) is 11.1 Å². The number of fused-ring (bicyclic) bond motifs is 3. The van der Waals surface area contributed by atoms with Crippen molar-refractivity contribution in [2.75, 3.05) is 0 Å². The first-order chi connectivity index (χ1) is 9.38. The zero-order chi connectivity index (χ0) is 13.1. The van der Waals surface area contributed by atoms with Crippen LogP contribution < -0.4 is 0 Å². The number of ketones is 1. The van der Waals surface area contributed by atoms with Crippen LogP contribution in [0.3, 0.4) is 0 Å². The second-order valence-electron chi connectivity index (χ2n) is 4.21. The predicted octanol–water partition coefficient (Wildman–Crippen LogP) is 4.18. The highest BCUT2D eigenvalue weighted by Gasteiger charge is 2.24. The summed E-state index contributed by atoms with van der Waals surface area (Å²) in [7, 11) is 0. The highest BCUT2D eigenvalue weighted by Crippen LogP contribution is 2.35. The second kappa shape index (κ2) is 4.94. The minimum Gasteiger partial charge on any atom is -0.473 e. The van der Waals surface area contributed by atoms with E-state index in [1.54, 1.807) is 12.5 Å². The van der Waals surface area contributed by atoms with Gasteiger partial charge in [-0.05, 0) is 23.3 Å². The van der Waals surface area contributed by atoms with Crippen LogP contribution in [0.5, 0.6) is 0 Å². The highest BCUT2D eigenvalue weighted by molar-refractivity contribution is 6.21. The van der Waals surface area contributed by atoms with Crippen LogP contribution in [0.2, 0.25) is 0 Å². The molecule has 0 aliphatic heterocycles. The molecule has 0 spiro atoms. The molecule has 0 amide bonds. The maximum atomic E-state index is 11.9. The Labute approximate surface area is 111 Å². The Morgan fingerprint density at radius 1 is 0.579 bits per heavy atom. The van der Waals surface area contributed by atoms with E-state index in [1.165, 1.54) is 0 Å². The zero-order valence-corrected chi connectivity index (χ0v) is 10.2. The van der Waals surface area contributed by atoms with Gasteiger partial charge < -0.3 is 4.42 Å². The summed E-state index contributed by atoms with van der Waals surface area (Å²) in [5.41, 5.74) is 3.78. The monoisotopic (exact) mass is 248 g/mol. The second-order valence-corrected chi connectivity index (χ2v) is 4.21. The summed E-state index contributed by atoms with van der Waals surface area (Å²) >= 11 is 0. The van der Waals surface area contributed by atoms with Crippen LogP contribution in [-0.2, 0) is 0 Å². The normalized spacial score (nSPS) is 11.3. The molecule has 1 aromatic heterocycles. The van der Waals surface area contributed by atoms with Crippen LogP contribution in [0, 0.1) is 0 Å². The van der Waals surface area contributed by atoms with Crippen LogP contribution >= 0.6 is 0 Å². The number of hydrogen-bond donors (Lipinski definition) is 0. The van der Waals surface area contributed by atoms with Crippen LogP contribution in [-0.4, -0.2) is 5.78 Å². The van der Waals surface area contributed by atoms with E-state index in [4.69, 9.17) is 0 Å². The fourth-order valence-electron chi connectivity index (χ4n) is 2.20. The van der Waals surface area contributed by atoms with Crippen molar-refractivity contribution in [1.29, 1.82) is 0 Å². The van der Waals surface area contributed by atoms with Crippen molar-refractivity contribution in [3.63, 3.8) is 0 Å². The predicted molar refractivity (Wildman–Crippen MR) is 74.0 cm³/mol. The van der Waals surface area contributed by atoms with Crippen LogP contribution in [0.25, 0.3) is 11.1 Å². The van der Waals surface area contributed by atoms with Crippen molar-refractivity contribution in [3.05, 3.63) is 84.3 Å². The van der Waals surface area contributed by atoms with E-state index in [0.717, 1.165) is 22.3 Å². The smallest absolute Gasteiger partial charge is 0.194 e. The van der Waals surface area contributed by atoms with Crippen LogP contribution in [0.4, 0.5) is 0 Å². The van der Waals surface area contributed by atoms with E-state index in [2.05, 4.69) is 4.42 Å². The lowest BCUT2D eigenvalue weighted by molar-refractivity contribution is 0.104. The van der Waals surface area contributed by atoms with Gasteiger partial charge in [0.15, 0.2) is 5.78 Å². The molecule has 1 heterocycles. The molecule has 1 aliphatic carbocycles. The average Bonchev–Trinajstić information content (AvgIpc) is 3.12. The molecule has 0 bridgehead atoms. The van der Waals surface area contributed by atoms with Gasteiger partial charge in [-0.25, -0.2) is 0 Å². The van der Waals surface area contributed by atoms with E-state index < -0.39 is 0 Å². The Morgan fingerprint density at radius 3 is 1.37 bits per heavy atom. The molecule has 0 saturated heterocycles. The maximum absolute atomic E-state index is 11.9. The van der Waals surface area contributed by atoms with Gasteiger partial charge >= 0.3 is 0 Å². The molecule has 0 fully saturated rings. The van der Waals surface area contributed by atoms with Gasteiger partial charge in [0.2, 0.25) is 0 Å². The fourth-order valence-corrected chi connectivity index (χ4v) is 2.20. The number of rotatable bonds is 0. The van der Waals surface area contributed by atoms with Gasteiger partial charge in [-0.3, -0.25) is 4.79 Å². The summed E-state index contributed by atoms with van der Waals surface area (Å²) < 4.78 is 4.58. The quantitative estimate of drug-likeness (QED) is 0.467. The van der Waals surface area contributed by atoms with Gasteiger partial charge in [-0.1, -0.05) is 48.5 Å². The molecule has 1 aliphatic rings. The lowest BCUT2D eigenvalue weighted by atomic mass is 10.1. The maximum Gasteiger partial charge on any atom is 0.194 e. The van der Waals surface area contributed by atoms with E-state index >= 15 is 0 Å².